The summed E-state index contributed by atoms with van der Waals surface area (Å²) in [5.74, 6) is -0.142. The van der Waals surface area contributed by atoms with Crippen LogP contribution in [0.15, 0.2) is 18.2 Å². The fourth-order valence-electron chi connectivity index (χ4n) is 3.99. The molecule has 3 rings (SSSR count). The van der Waals surface area contributed by atoms with Gasteiger partial charge >= 0.3 is 5.97 Å². The smallest absolute Gasteiger partial charge is 0.311 e. The van der Waals surface area contributed by atoms with Crippen LogP contribution in [0.25, 0.3) is 0 Å². The molecule has 1 saturated carbocycles. The molecule has 1 aliphatic carbocycles. The summed E-state index contributed by atoms with van der Waals surface area (Å²) in [6, 6.07) is 5.18. The second-order valence-electron chi connectivity index (χ2n) is 6.46. The van der Waals surface area contributed by atoms with Crippen molar-refractivity contribution < 1.29 is 19.4 Å². The summed E-state index contributed by atoms with van der Waals surface area (Å²) in [5, 5.41) is 10.2. The Balaban J connectivity index is 1.76. The van der Waals surface area contributed by atoms with Gasteiger partial charge in [0.25, 0.3) is 0 Å². The van der Waals surface area contributed by atoms with Gasteiger partial charge in [-0.25, -0.2) is 0 Å². The first-order valence-corrected chi connectivity index (χ1v) is 8.17. The van der Waals surface area contributed by atoms with Crippen LogP contribution in [0, 0.1) is 11.3 Å². The molecule has 1 aliphatic heterocycles. The lowest BCUT2D eigenvalue weighted by molar-refractivity contribution is -0.149. The van der Waals surface area contributed by atoms with E-state index in [4.69, 9.17) is 16.3 Å². The van der Waals surface area contributed by atoms with Crippen LogP contribution < -0.4 is 4.74 Å². The molecule has 2 aliphatic rings. The highest BCUT2D eigenvalue weighted by Crippen LogP contribution is 2.49. The first-order chi connectivity index (χ1) is 11.0. The summed E-state index contributed by atoms with van der Waals surface area (Å²) in [4.78, 5) is 26.0. The SMILES string of the molecule is COc1ccc(Cl)cc1CC(=O)N1C[C@@H]2CCC[C@@]2(C(=O)O)C1. The lowest BCUT2D eigenvalue weighted by atomic mass is 9.81. The van der Waals surface area contributed by atoms with Crippen LogP contribution in [0.1, 0.15) is 24.8 Å². The molecule has 0 unspecified atom stereocenters. The minimum absolute atomic E-state index is 0.0689. The molecular weight excluding hydrogens is 318 g/mol. The highest BCUT2D eigenvalue weighted by Gasteiger charge is 2.55. The Hall–Kier alpha value is -1.75. The number of fused-ring (bicyclic) bond motifs is 1. The molecule has 1 saturated heterocycles. The number of carbonyl (C=O) groups excluding carboxylic acids is 1. The van der Waals surface area contributed by atoms with Gasteiger partial charge in [-0.15, -0.1) is 0 Å². The predicted octanol–water partition coefficient (Wildman–Crippen LogP) is 2.60. The number of carboxylic acids is 1. The Bertz CT molecular complexity index is 647. The van der Waals surface area contributed by atoms with E-state index in [-0.39, 0.29) is 18.2 Å². The van der Waals surface area contributed by atoms with Crippen molar-refractivity contribution >= 4 is 23.5 Å². The van der Waals surface area contributed by atoms with Crippen molar-refractivity contribution in [1.29, 1.82) is 0 Å². The summed E-state index contributed by atoms with van der Waals surface area (Å²) < 4.78 is 5.27. The maximum atomic E-state index is 12.6. The summed E-state index contributed by atoms with van der Waals surface area (Å²) in [6.45, 7) is 0.850. The van der Waals surface area contributed by atoms with Crippen LogP contribution in [0.5, 0.6) is 5.75 Å². The third-order valence-electron chi connectivity index (χ3n) is 5.23. The monoisotopic (exact) mass is 337 g/mol. The average Bonchev–Trinajstić information content (AvgIpc) is 3.05. The Morgan fingerprint density at radius 2 is 2.26 bits per heavy atom. The van der Waals surface area contributed by atoms with Crippen LogP contribution in [0.2, 0.25) is 5.02 Å². The van der Waals surface area contributed by atoms with E-state index in [1.54, 1.807) is 30.2 Å². The van der Waals surface area contributed by atoms with Gasteiger partial charge in [-0.05, 0) is 37.0 Å². The number of hydrogen-bond donors (Lipinski definition) is 1. The number of ether oxygens (including phenoxy) is 1. The topological polar surface area (TPSA) is 66.8 Å². The van der Waals surface area contributed by atoms with E-state index in [0.717, 1.165) is 18.4 Å². The lowest BCUT2D eigenvalue weighted by Gasteiger charge is -2.23. The number of carbonyl (C=O) groups is 2. The Morgan fingerprint density at radius 1 is 1.48 bits per heavy atom. The molecule has 0 spiro atoms. The van der Waals surface area contributed by atoms with E-state index in [1.807, 2.05) is 0 Å². The summed E-state index contributed by atoms with van der Waals surface area (Å²) in [6.07, 6.45) is 2.65. The van der Waals surface area contributed by atoms with Crippen LogP contribution in [0.3, 0.4) is 0 Å². The number of rotatable bonds is 4. The number of halogens is 1. The van der Waals surface area contributed by atoms with E-state index in [9.17, 15) is 14.7 Å². The molecule has 5 nitrogen and oxygen atoms in total. The Morgan fingerprint density at radius 3 is 2.91 bits per heavy atom. The van der Waals surface area contributed by atoms with Crippen LogP contribution >= 0.6 is 11.6 Å². The third kappa shape index (κ3) is 2.78. The van der Waals surface area contributed by atoms with E-state index < -0.39 is 11.4 Å². The molecule has 1 aromatic rings. The van der Waals surface area contributed by atoms with Gasteiger partial charge in [0.05, 0.1) is 18.9 Å². The minimum atomic E-state index is -0.768. The molecule has 124 valence electrons. The Kier molecular flexibility index (Phi) is 4.23. The van der Waals surface area contributed by atoms with Gasteiger partial charge in [0, 0.05) is 23.7 Å². The number of aliphatic carboxylic acids is 1. The average molecular weight is 338 g/mol. The molecule has 23 heavy (non-hydrogen) atoms. The molecule has 1 amide bonds. The molecule has 1 heterocycles. The van der Waals surface area contributed by atoms with Gasteiger partial charge in [-0.2, -0.15) is 0 Å². The number of nitrogens with zero attached hydrogens (tertiary/aromatic N) is 1. The minimum Gasteiger partial charge on any atom is -0.496 e. The van der Waals surface area contributed by atoms with Gasteiger partial charge in [-0.3, -0.25) is 9.59 Å². The first-order valence-electron chi connectivity index (χ1n) is 7.80. The maximum absolute atomic E-state index is 12.6. The normalized spacial score (nSPS) is 26.2. The van der Waals surface area contributed by atoms with Gasteiger partial charge in [-0.1, -0.05) is 18.0 Å². The standard InChI is InChI=1S/C17H20ClNO4/c1-23-14-5-4-13(18)7-11(14)8-15(20)19-9-12-3-2-6-17(12,10-19)16(21)22/h4-5,7,12H,2-3,6,8-10H2,1H3,(H,21,22)/t12-,17+/m0/s1. The molecule has 2 atom stereocenters. The molecule has 0 radical (unpaired) electrons. The number of amides is 1. The van der Waals surface area contributed by atoms with Crippen molar-refractivity contribution in [3.63, 3.8) is 0 Å². The zero-order chi connectivity index (χ0) is 16.6. The van der Waals surface area contributed by atoms with Crippen molar-refractivity contribution in [1.82, 2.24) is 4.90 Å². The summed E-state index contributed by atoms with van der Waals surface area (Å²) >= 11 is 6.00. The predicted molar refractivity (Wildman–Crippen MR) is 85.7 cm³/mol. The summed E-state index contributed by atoms with van der Waals surface area (Å²) in [7, 11) is 1.55. The molecule has 0 aromatic heterocycles. The number of likely N-dealkylation sites (tertiary alicyclic amines) is 1. The third-order valence-corrected chi connectivity index (χ3v) is 5.47. The van der Waals surface area contributed by atoms with E-state index in [2.05, 4.69) is 0 Å². The highest BCUT2D eigenvalue weighted by molar-refractivity contribution is 6.30. The zero-order valence-electron chi connectivity index (χ0n) is 13.0. The second-order valence-corrected chi connectivity index (χ2v) is 6.89. The van der Waals surface area contributed by atoms with E-state index >= 15 is 0 Å². The molecule has 2 fully saturated rings. The summed E-state index contributed by atoms with van der Waals surface area (Å²) in [5.41, 5.74) is -0.0138. The van der Waals surface area contributed by atoms with E-state index in [1.165, 1.54) is 0 Å². The van der Waals surface area contributed by atoms with Gasteiger partial charge < -0.3 is 14.7 Å². The number of hydrogen-bond acceptors (Lipinski definition) is 3. The number of methoxy groups -OCH3 is 1. The van der Waals surface area contributed by atoms with Crippen molar-refractivity contribution in [2.45, 2.75) is 25.7 Å². The van der Waals surface area contributed by atoms with E-state index in [0.29, 0.717) is 30.3 Å². The van der Waals surface area contributed by atoms with Gasteiger partial charge in [0.1, 0.15) is 5.75 Å². The van der Waals surface area contributed by atoms with Gasteiger partial charge in [0.15, 0.2) is 0 Å². The maximum Gasteiger partial charge on any atom is 0.311 e. The fourth-order valence-corrected chi connectivity index (χ4v) is 4.18. The van der Waals surface area contributed by atoms with Crippen LogP contribution in [-0.4, -0.2) is 42.1 Å². The van der Waals surface area contributed by atoms with Crippen molar-refractivity contribution in [3.8, 4) is 5.75 Å². The highest BCUT2D eigenvalue weighted by atomic mass is 35.5. The van der Waals surface area contributed by atoms with Crippen molar-refractivity contribution in [3.05, 3.63) is 28.8 Å². The quantitative estimate of drug-likeness (QED) is 0.917. The van der Waals surface area contributed by atoms with Crippen molar-refractivity contribution in [2.75, 3.05) is 20.2 Å². The molecule has 0 bridgehead atoms. The van der Waals surface area contributed by atoms with Crippen LogP contribution in [0.4, 0.5) is 0 Å². The lowest BCUT2D eigenvalue weighted by Crippen LogP contribution is -2.37. The first kappa shape index (κ1) is 16.1. The molecule has 6 heteroatoms. The van der Waals surface area contributed by atoms with Gasteiger partial charge in [0.2, 0.25) is 5.91 Å². The Labute approximate surface area is 140 Å². The fraction of sp³-hybridized carbons (Fsp3) is 0.529. The number of benzene rings is 1. The molecule has 1 N–H and O–H groups in total. The van der Waals surface area contributed by atoms with Crippen molar-refractivity contribution in [2.24, 2.45) is 11.3 Å². The largest absolute Gasteiger partial charge is 0.496 e. The molecular formula is C17H20ClNO4. The molecule has 1 aromatic carbocycles. The zero-order valence-corrected chi connectivity index (χ0v) is 13.8. The van der Waals surface area contributed by atoms with Crippen LogP contribution in [-0.2, 0) is 16.0 Å². The number of carboxylic acid groups (broad SMARTS) is 1. The second kappa shape index (κ2) is 6.04.